The van der Waals surface area contributed by atoms with E-state index in [9.17, 15) is 4.79 Å². The van der Waals surface area contributed by atoms with Crippen LogP contribution >= 0.6 is 15.9 Å². The predicted octanol–water partition coefficient (Wildman–Crippen LogP) is 3.76. The standard InChI is InChI=1S/C16H12BrN3O3/c1-22-13-8-4-10(5-9-13)14-15(20-23-19-14)18-16(21)11-2-6-12(17)7-3-11/h2-9H,1H3,(H,18,20,21). The Morgan fingerprint density at radius 2 is 1.78 bits per heavy atom. The molecule has 3 aromatic rings. The first-order chi connectivity index (χ1) is 11.2. The van der Waals surface area contributed by atoms with Crippen molar-refractivity contribution in [2.45, 2.75) is 0 Å². The molecule has 1 amide bonds. The quantitative estimate of drug-likeness (QED) is 0.753. The van der Waals surface area contributed by atoms with E-state index in [2.05, 4.69) is 31.6 Å². The second kappa shape index (κ2) is 6.62. The highest BCUT2D eigenvalue weighted by molar-refractivity contribution is 9.10. The van der Waals surface area contributed by atoms with Crippen LogP contribution in [0.4, 0.5) is 5.82 Å². The van der Waals surface area contributed by atoms with E-state index in [1.54, 1.807) is 43.5 Å². The lowest BCUT2D eigenvalue weighted by Gasteiger charge is -2.04. The molecule has 0 spiro atoms. The molecular weight excluding hydrogens is 362 g/mol. The third-order valence-corrected chi connectivity index (χ3v) is 3.72. The van der Waals surface area contributed by atoms with Gasteiger partial charge in [-0.1, -0.05) is 15.9 Å². The smallest absolute Gasteiger partial charge is 0.256 e. The Bertz CT molecular complexity index is 813. The molecule has 6 nitrogen and oxygen atoms in total. The van der Waals surface area contributed by atoms with Crippen LogP contribution in [0, 0.1) is 0 Å². The van der Waals surface area contributed by atoms with E-state index < -0.39 is 0 Å². The third kappa shape index (κ3) is 3.40. The zero-order valence-corrected chi connectivity index (χ0v) is 13.7. The van der Waals surface area contributed by atoms with Crippen molar-refractivity contribution in [2.24, 2.45) is 0 Å². The highest BCUT2D eigenvalue weighted by Crippen LogP contribution is 2.26. The number of carbonyl (C=O) groups is 1. The Balaban J connectivity index is 1.83. The highest BCUT2D eigenvalue weighted by atomic mass is 79.9. The number of hydrogen-bond donors (Lipinski definition) is 1. The minimum absolute atomic E-state index is 0.267. The molecule has 3 rings (SSSR count). The molecule has 0 unspecified atom stereocenters. The summed E-state index contributed by atoms with van der Waals surface area (Å²) >= 11 is 3.33. The average Bonchev–Trinajstić information content (AvgIpc) is 3.03. The summed E-state index contributed by atoms with van der Waals surface area (Å²) in [7, 11) is 1.59. The van der Waals surface area contributed by atoms with Gasteiger partial charge in [-0.15, -0.1) is 0 Å². The Morgan fingerprint density at radius 1 is 1.09 bits per heavy atom. The molecule has 116 valence electrons. The number of benzene rings is 2. The topological polar surface area (TPSA) is 77.2 Å². The van der Waals surface area contributed by atoms with Crippen molar-refractivity contribution >= 4 is 27.7 Å². The van der Waals surface area contributed by atoms with E-state index in [0.29, 0.717) is 11.3 Å². The summed E-state index contributed by atoms with van der Waals surface area (Å²) in [5, 5.41) is 10.3. The van der Waals surface area contributed by atoms with Crippen LogP contribution in [0.2, 0.25) is 0 Å². The molecule has 2 aromatic carbocycles. The average molecular weight is 374 g/mol. The van der Waals surface area contributed by atoms with Crippen molar-refractivity contribution in [2.75, 3.05) is 12.4 Å². The van der Waals surface area contributed by atoms with Gasteiger partial charge in [0.05, 0.1) is 7.11 Å². The molecule has 0 aliphatic carbocycles. The second-order valence-electron chi connectivity index (χ2n) is 4.65. The van der Waals surface area contributed by atoms with Gasteiger partial charge in [0.15, 0.2) is 5.69 Å². The zero-order chi connectivity index (χ0) is 16.2. The number of aromatic nitrogens is 2. The van der Waals surface area contributed by atoms with Gasteiger partial charge in [-0.2, -0.15) is 0 Å². The SMILES string of the molecule is COc1ccc(-c2nonc2NC(=O)c2ccc(Br)cc2)cc1. The number of methoxy groups -OCH3 is 1. The minimum Gasteiger partial charge on any atom is -0.497 e. The van der Waals surface area contributed by atoms with Gasteiger partial charge in [-0.05, 0) is 58.8 Å². The number of nitrogens with zero attached hydrogens (tertiary/aromatic N) is 2. The van der Waals surface area contributed by atoms with Crippen molar-refractivity contribution in [1.82, 2.24) is 10.3 Å². The van der Waals surface area contributed by atoms with Crippen molar-refractivity contribution in [3.05, 3.63) is 58.6 Å². The molecule has 7 heteroatoms. The fraction of sp³-hybridized carbons (Fsp3) is 0.0625. The van der Waals surface area contributed by atoms with Crippen LogP contribution in [0.15, 0.2) is 57.6 Å². The maximum absolute atomic E-state index is 12.3. The Hall–Kier alpha value is -2.67. The molecule has 0 saturated carbocycles. The molecule has 0 saturated heterocycles. The predicted molar refractivity (Wildman–Crippen MR) is 88.4 cm³/mol. The van der Waals surface area contributed by atoms with Crippen molar-refractivity contribution in [3.8, 4) is 17.0 Å². The Kier molecular flexibility index (Phi) is 4.38. The summed E-state index contributed by atoms with van der Waals surface area (Å²) in [6.45, 7) is 0. The number of carbonyl (C=O) groups excluding carboxylic acids is 1. The third-order valence-electron chi connectivity index (χ3n) is 3.19. The number of rotatable bonds is 4. The fourth-order valence-corrected chi connectivity index (χ4v) is 2.25. The van der Waals surface area contributed by atoms with Crippen LogP contribution in [0.3, 0.4) is 0 Å². The molecular formula is C16H12BrN3O3. The van der Waals surface area contributed by atoms with Gasteiger partial charge in [0, 0.05) is 15.6 Å². The normalized spacial score (nSPS) is 10.3. The molecule has 1 heterocycles. The van der Waals surface area contributed by atoms with Crippen LogP contribution in [0.25, 0.3) is 11.3 Å². The minimum atomic E-state index is -0.289. The van der Waals surface area contributed by atoms with Crippen LogP contribution in [-0.4, -0.2) is 23.3 Å². The van der Waals surface area contributed by atoms with Crippen LogP contribution in [0.1, 0.15) is 10.4 Å². The van der Waals surface area contributed by atoms with E-state index >= 15 is 0 Å². The first-order valence-electron chi connectivity index (χ1n) is 6.71. The lowest BCUT2D eigenvalue weighted by Crippen LogP contribution is -2.12. The number of halogens is 1. The van der Waals surface area contributed by atoms with Crippen molar-refractivity contribution in [3.63, 3.8) is 0 Å². The fourth-order valence-electron chi connectivity index (χ4n) is 1.99. The van der Waals surface area contributed by atoms with Gasteiger partial charge >= 0.3 is 0 Å². The largest absolute Gasteiger partial charge is 0.497 e. The van der Waals surface area contributed by atoms with Gasteiger partial charge in [0.25, 0.3) is 5.91 Å². The van der Waals surface area contributed by atoms with Gasteiger partial charge in [0.1, 0.15) is 5.75 Å². The maximum Gasteiger partial charge on any atom is 0.256 e. The van der Waals surface area contributed by atoms with Crippen LogP contribution < -0.4 is 10.1 Å². The summed E-state index contributed by atoms with van der Waals surface area (Å²) in [4.78, 5) is 12.3. The van der Waals surface area contributed by atoms with Crippen molar-refractivity contribution in [1.29, 1.82) is 0 Å². The molecule has 0 radical (unpaired) electrons. The number of hydrogen-bond acceptors (Lipinski definition) is 5. The molecule has 0 aliphatic heterocycles. The summed E-state index contributed by atoms with van der Waals surface area (Å²) in [6.07, 6.45) is 0. The van der Waals surface area contributed by atoms with E-state index in [0.717, 1.165) is 15.8 Å². The van der Waals surface area contributed by atoms with Crippen LogP contribution in [-0.2, 0) is 0 Å². The van der Waals surface area contributed by atoms with Gasteiger partial charge in [0.2, 0.25) is 5.82 Å². The summed E-state index contributed by atoms with van der Waals surface area (Å²) in [5.41, 5.74) is 1.73. The number of nitrogens with one attached hydrogen (secondary N) is 1. The number of amides is 1. The molecule has 23 heavy (non-hydrogen) atoms. The molecule has 0 aliphatic rings. The summed E-state index contributed by atoms with van der Waals surface area (Å²) in [5.74, 6) is 0.705. The maximum atomic E-state index is 12.3. The summed E-state index contributed by atoms with van der Waals surface area (Å²) < 4.78 is 10.8. The lowest BCUT2D eigenvalue weighted by molar-refractivity contribution is 0.102. The molecule has 1 aromatic heterocycles. The van der Waals surface area contributed by atoms with E-state index in [-0.39, 0.29) is 11.7 Å². The van der Waals surface area contributed by atoms with Gasteiger partial charge in [-0.25, -0.2) is 4.63 Å². The molecule has 0 atom stereocenters. The van der Waals surface area contributed by atoms with E-state index in [1.807, 2.05) is 12.1 Å². The molecule has 1 N–H and O–H groups in total. The first kappa shape index (κ1) is 15.2. The molecule has 0 bridgehead atoms. The number of ether oxygens (including phenoxy) is 1. The Labute approximate surface area is 140 Å². The van der Waals surface area contributed by atoms with Crippen LogP contribution in [0.5, 0.6) is 5.75 Å². The molecule has 0 fully saturated rings. The zero-order valence-electron chi connectivity index (χ0n) is 12.1. The Morgan fingerprint density at radius 3 is 2.43 bits per heavy atom. The first-order valence-corrected chi connectivity index (χ1v) is 7.50. The summed E-state index contributed by atoms with van der Waals surface area (Å²) in [6, 6.07) is 14.2. The van der Waals surface area contributed by atoms with Gasteiger partial charge in [-0.3, -0.25) is 4.79 Å². The van der Waals surface area contributed by atoms with E-state index in [1.165, 1.54) is 0 Å². The number of anilines is 1. The van der Waals surface area contributed by atoms with E-state index in [4.69, 9.17) is 9.37 Å². The van der Waals surface area contributed by atoms with Gasteiger partial charge < -0.3 is 10.1 Å². The monoisotopic (exact) mass is 373 g/mol. The lowest BCUT2D eigenvalue weighted by atomic mass is 10.1. The second-order valence-corrected chi connectivity index (χ2v) is 5.57. The highest BCUT2D eigenvalue weighted by Gasteiger charge is 2.16. The van der Waals surface area contributed by atoms with Crippen molar-refractivity contribution < 1.29 is 14.2 Å².